The highest BCUT2D eigenvalue weighted by Gasteiger charge is 2.31. The van der Waals surface area contributed by atoms with Crippen LogP contribution in [-0.4, -0.2) is 42.4 Å². The predicted octanol–water partition coefficient (Wildman–Crippen LogP) is 1.65. The van der Waals surface area contributed by atoms with E-state index in [0.29, 0.717) is 12.5 Å². The van der Waals surface area contributed by atoms with Crippen molar-refractivity contribution in [3.63, 3.8) is 0 Å². The van der Waals surface area contributed by atoms with E-state index in [1.807, 2.05) is 0 Å². The Morgan fingerprint density at radius 1 is 1.53 bits per heavy atom. The largest absolute Gasteiger partial charge is 0.476 e. The van der Waals surface area contributed by atoms with Gasteiger partial charge >= 0.3 is 5.97 Å². The van der Waals surface area contributed by atoms with Crippen molar-refractivity contribution in [3.8, 4) is 0 Å². The third-order valence-electron chi connectivity index (χ3n) is 3.37. The van der Waals surface area contributed by atoms with Gasteiger partial charge in [-0.25, -0.2) is 18.2 Å². The lowest BCUT2D eigenvalue weighted by Gasteiger charge is -2.19. The average molecular weight is 304 g/mol. The lowest BCUT2D eigenvalue weighted by Crippen LogP contribution is -2.31. The third-order valence-corrected chi connectivity index (χ3v) is 6.54. The fourth-order valence-electron chi connectivity index (χ4n) is 2.36. The molecule has 1 aromatic rings. The molecule has 1 aliphatic rings. The van der Waals surface area contributed by atoms with Gasteiger partial charge in [-0.1, -0.05) is 12.8 Å². The van der Waals surface area contributed by atoms with Crippen molar-refractivity contribution in [1.29, 1.82) is 0 Å². The highest BCUT2D eigenvalue weighted by Crippen LogP contribution is 2.28. The van der Waals surface area contributed by atoms with E-state index in [0.717, 1.165) is 37.0 Å². The quantitative estimate of drug-likeness (QED) is 0.893. The van der Waals surface area contributed by atoms with E-state index >= 15 is 0 Å². The zero-order valence-corrected chi connectivity index (χ0v) is 12.2. The Morgan fingerprint density at radius 3 is 2.74 bits per heavy atom. The van der Waals surface area contributed by atoms with E-state index in [1.54, 1.807) is 0 Å². The monoisotopic (exact) mass is 304 g/mol. The molecule has 0 radical (unpaired) electrons. The standard InChI is InChI=1S/C11H16N2O4S2/c1-13(6-8-4-2-3-5-8)19(16,17)11-9(10(14)15)12-7-18-11/h7-8H,2-6H2,1H3,(H,14,15). The molecule has 0 amide bonds. The molecule has 1 heterocycles. The number of nitrogens with zero attached hydrogens (tertiary/aromatic N) is 2. The van der Waals surface area contributed by atoms with E-state index < -0.39 is 16.0 Å². The first-order chi connectivity index (χ1) is 8.93. The summed E-state index contributed by atoms with van der Waals surface area (Å²) >= 11 is 0.849. The van der Waals surface area contributed by atoms with Gasteiger partial charge < -0.3 is 5.11 Å². The van der Waals surface area contributed by atoms with E-state index in [2.05, 4.69) is 4.98 Å². The Labute approximate surface area is 116 Å². The summed E-state index contributed by atoms with van der Waals surface area (Å²) in [6.07, 6.45) is 4.35. The molecule has 0 unspecified atom stereocenters. The molecule has 0 aromatic carbocycles. The van der Waals surface area contributed by atoms with Crippen LogP contribution in [-0.2, 0) is 10.0 Å². The smallest absolute Gasteiger partial charge is 0.356 e. The Kier molecular flexibility index (Phi) is 4.22. The van der Waals surface area contributed by atoms with Crippen LogP contribution in [0.2, 0.25) is 0 Å². The summed E-state index contributed by atoms with van der Waals surface area (Å²) in [4.78, 5) is 14.6. The Balaban J connectivity index is 2.20. The van der Waals surface area contributed by atoms with Crippen molar-refractivity contribution in [2.45, 2.75) is 29.9 Å². The first kappa shape index (κ1) is 14.4. The van der Waals surface area contributed by atoms with Gasteiger partial charge in [0.15, 0.2) is 9.90 Å². The van der Waals surface area contributed by atoms with Gasteiger partial charge in [-0.15, -0.1) is 11.3 Å². The van der Waals surface area contributed by atoms with Crippen molar-refractivity contribution in [2.75, 3.05) is 13.6 Å². The van der Waals surface area contributed by atoms with E-state index in [4.69, 9.17) is 5.11 Å². The minimum Gasteiger partial charge on any atom is -0.476 e. The van der Waals surface area contributed by atoms with Gasteiger partial charge in [-0.05, 0) is 18.8 Å². The lowest BCUT2D eigenvalue weighted by molar-refractivity contribution is 0.0687. The zero-order valence-electron chi connectivity index (χ0n) is 10.6. The summed E-state index contributed by atoms with van der Waals surface area (Å²) in [6, 6.07) is 0. The number of hydrogen-bond acceptors (Lipinski definition) is 5. The molecule has 1 aromatic heterocycles. The highest BCUT2D eigenvalue weighted by atomic mass is 32.2. The van der Waals surface area contributed by atoms with Gasteiger partial charge in [-0.3, -0.25) is 0 Å². The maximum absolute atomic E-state index is 12.3. The number of rotatable bonds is 5. The second-order valence-corrected chi connectivity index (χ2v) is 7.82. The van der Waals surface area contributed by atoms with Crippen molar-refractivity contribution in [2.24, 2.45) is 5.92 Å². The molecular formula is C11H16N2O4S2. The molecular weight excluding hydrogens is 288 g/mol. The van der Waals surface area contributed by atoms with E-state index in [9.17, 15) is 13.2 Å². The van der Waals surface area contributed by atoms with Gasteiger partial charge in [0, 0.05) is 13.6 Å². The summed E-state index contributed by atoms with van der Waals surface area (Å²) < 4.78 is 25.8. The first-order valence-electron chi connectivity index (χ1n) is 6.06. The van der Waals surface area contributed by atoms with E-state index in [1.165, 1.54) is 16.9 Å². The van der Waals surface area contributed by atoms with Gasteiger partial charge in [0.25, 0.3) is 10.0 Å². The molecule has 0 spiro atoms. The SMILES string of the molecule is CN(CC1CCCC1)S(=O)(=O)c1scnc1C(=O)O. The molecule has 2 rings (SSSR count). The molecule has 1 aliphatic carbocycles. The summed E-state index contributed by atoms with van der Waals surface area (Å²) in [5.74, 6) is -0.935. The fraction of sp³-hybridized carbons (Fsp3) is 0.636. The van der Waals surface area contributed by atoms with Crippen LogP contribution in [0, 0.1) is 5.92 Å². The minimum atomic E-state index is -3.75. The van der Waals surface area contributed by atoms with Crippen molar-refractivity contribution < 1.29 is 18.3 Å². The van der Waals surface area contributed by atoms with Crippen LogP contribution < -0.4 is 0 Å². The fourth-order valence-corrected chi connectivity index (χ4v) is 4.93. The molecule has 1 saturated carbocycles. The molecule has 0 bridgehead atoms. The number of carboxylic acids is 1. The number of sulfonamides is 1. The van der Waals surface area contributed by atoms with Crippen molar-refractivity contribution >= 4 is 27.3 Å². The molecule has 0 saturated heterocycles. The molecule has 19 heavy (non-hydrogen) atoms. The number of aromatic carboxylic acids is 1. The van der Waals surface area contributed by atoms with Crippen LogP contribution in [0.4, 0.5) is 0 Å². The molecule has 1 N–H and O–H groups in total. The topological polar surface area (TPSA) is 87.6 Å². The molecule has 8 heteroatoms. The summed E-state index contributed by atoms with van der Waals surface area (Å²) in [7, 11) is -2.25. The van der Waals surface area contributed by atoms with Gasteiger partial charge in [0.1, 0.15) is 0 Å². The second kappa shape index (κ2) is 5.56. The van der Waals surface area contributed by atoms with Gasteiger partial charge in [-0.2, -0.15) is 4.31 Å². The Bertz CT molecular complexity index is 561. The number of hydrogen-bond donors (Lipinski definition) is 1. The van der Waals surface area contributed by atoms with Crippen molar-refractivity contribution in [3.05, 3.63) is 11.2 Å². The number of carboxylic acid groups (broad SMARTS) is 1. The summed E-state index contributed by atoms with van der Waals surface area (Å²) in [6.45, 7) is 0.444. The maximum Gasteiger partial charge on any atom is 0.356 e. The number of aromatic nitrogens is 1. The highest BCUT2D eigenvalue weighted by molar-refractivity contribution is 7.91. The Morgan fingerprint density at radius 2 is 2.16 bits per heavy atom. The average Bonchev–Trinajstić information content (AvgIpc) is 2.98. The van der Waals surface area contributed by atoms with Crippen LogP contribution >= 0.6 is 11.3 Å². The van der Waals surface area contributed by atoms with Crippen molar-refractivity contribution in [1.82, 2.24) is 9.29 Å². The minimum absolute atomic E-state index is 0.180. The van der Waals surface area contributed by atoms with Gasteiger partial charge in [0.2, 0.25) is 0 Å². The van der Waals surface area contributed by atoms with E-state index in [-0.39, 0.29) is 9.90 Å². The zero-order chi connectivity index (χ0) is 14.0. The van der Waals surface area contributed by atoms with Crippen LogP contribution in [0.25, 0.3) is 0 Å². The normalized spacial score (nSPS) is 17.2. The second-order valence-electron chi connectivity index (χ2n) is 4.73. The van der Waals surface area contributed by atoms with Crippen LogP contribution in [0.15, 0.2) is 9.72 Å². The summed E-state index contributed by atoms with van der Waals surface area (Å²) in [5, 5.41) is 8.95. The number of carbonyl (C=O) groups is 1. The molecule has 6 nitrogen and oxygen atoms in total. The van der Waals surface area contributed by atoms with Crippen LogP contribution in [0.5, 0.6) is 0 Å². The summed E-state index contributed by atoms with van der Waals surface area (Å²) in [5.41, 5.74) is 0.864. The lowest BCUT2D eigenvalue weighted by atomic mass is 10.1. The van der Waals surface area contributed by atoms with Crippen LogP contribution in [0.3, 0.4) is 0 Å². The molecule has 0 aliphatic heterocycles. The molecule has 1 fully saturated rings. The molecule has 106 valence electrons. The maximum atomic E-state index is 12.3. The molecule has 0 atom stereocenters. The van der Waals surface area contributed by atoms with Crippen LogP contribution in [0.1, 0.15) is 36.2 Å². The predicted molar refractivity (Wildman–Crippen MR) is 70.8 cm³/mol. The Hall–Kier alpha value is -0.990. The number of thiazole rings is 1. The third kappa shape index (κ3) is 2.96. The van der Waals surface area contributed by atoms with Gasteiger partial charge in [0.05, 0.1) is 5.51 Å². The first-order valence-corrected chi connectivity index (χ1v) is 8.38.